The Kier molecular flexibility index (Phi) is 4.05. The monoisotopic (exact) mass is 292 g/mol. The van der Waals surface area contributed by atoms with E-state index in [4.69, 9.17) is 5.73 Å². The van der Waals surface area contributed by atoms with E-state index >= 15 is 0 Å². The molecule has 1 heterocycles. The molecule has 0 spiro atoms. The molecule has 1 aliphatic heterocycles. The van der Waals surface area contributed by atoms with Crippen LogP contribution in [-0.2, 0) is 10.2 Å². The molecule has 0 saturated heterocycles. The van der Waals surface area contributed by atoms with Gasteiger partial charge in [-0.1, -0.05) is 60.7 Å². The Morgan fingerprint density at radius 3 is 1.95 bits per heavy atom. The molecule has 2 N–H and O–H groups in total. The fourth-order valence-electron chi connectivity index (χ4n) is 3.54. The number of aliphatic imine (C=N–C) groups is 1. The minimum Gasteiger partial charge on any atom is -0.369 e. The van der Waals surface area contributed by atoms with E-state index in [1.165, 1.54) is 0 Å². The van der Waals surface area contributed by atoms with E-state index in [2.05, 4.69) is 4.99 Å². The predicted octanol–water partition coefficient (Wildman–Crippen LogP) is 2.94. The van der Waals surface area contributed by atoms with Gasteiger partial charge in [-0.15, -0.1) is 0 Å². The molecule has 1 aliphatic rings. The van der Waals surface area contributed by atoms with Gasteiger partial charge in [-0.3, -0.25) is 9.79 Å². The lowest BCUT2D eigenvalue weighted by atomic mass is 9.63. The highest BCUT2D eigenvalue weighted by atomic mass is 16.1. The Morgan fingerprint density at radius 1 is 1.00 bits per heavy atom. The molecular weight excluding hydrogens is 272 g/mol. The van der Waals surface area contributed by atoms with E-state index in [1.54, 1.807) is 0 Å². The number of rotatable bonds is 4. The Labute approximate surface area is 130 Å². The maximum Gasteiger partial charge on any atom is 0.232 e. The highest BCUT2D eigenvalue weighted by molar-refractivity contribution is 5.91. The number of carbonyl (C=O) groups is 1. The van der Waals surface area contributed by atoms with Crippen molar-refractivity contribution in [2.45, 2.75) is 18.3 Å². The number of carbonyl (C=O) groups excluding carboxylic acids is 1. The molecule has 2 aromatic carbocycles. The van der Waals surface area contributed by atoms with Crippen molar-refractivity contribution < 1.29 is 4.79 Å². The van der Waals surface area contributed by atoms with Crippen LogP contribution in [0.15, 0.2) is 65.7 Å². The van der Waals surface area contributed by atoms with Crippen LogP contribution < -0.4 is 5.73 Å². The van der Waals surface area contributed by atoms with Crippen molar-refractivity contribution in [1.29, 1.82) is 0 Å². The summed E-state index contributed by atoms with van der Waals surface area (Å²) in [5, 5.41) is 0. The largest absolute Gasteiger partial charge is 0.369 e. The molecule has 0 aliphatic carbocycles. The van der Waals surface area contributed by atoms with Gasteiger partial charge in [0.1, 0.15) is 5.41 Å². The second kappa shape index (κ2) is 6.14. The molecule has 0 bridgehead atoms. The van der Waals surface area contributed by atoms with Crippen LogP contribution in [0.1, 0.15) is 24.0 Å². The second-order valence-corrected chi connectivity index (χ2v) is 5.73. The molecule has 3 rings (SSSR count). The van der Waals surface area contributed by atoms with Crippen LogP contribution in [0.2, 0.25) is 0 Å². The zero-order chi connectivity index (χ0) is 15.4. The normalized spacial score (nSPS) is 18.1. The molecule has 0 radical (unpaired) electrons. The first-order chi connectivity index (χ1) is 10.8. The first-order valence-electron chi connectivity index (χ1n) is 7.65. The molecule has 0 saturated carbocycles. The number of amides is 1. The molecule has 2 aromatic rings. The van der Waals surface area contributed by atoms with Crippen LogP contribution in [0.4, 0.5) is 0 Å². The third-order valence-corrected chi connectivity index (χ3v) is 4.56. The summed E-state index contributed by atoms with van der Waals surface area (Å²) < 4.78 is 0. The maximum atomic E-state index is 12.7. The predicted molar refractivity (Wildman–Crippen MR) is 88.9 cm³/mol. The van der Waals surface area contributed by atoms with Crippen molar-refractivity contribution in [3.8, 4) is 0 Å². The average Bonchev–Trinajstić information content (AvgIpc) is 2.58. The standard InChI is InChI=1S/C19H20N2O/c20-18(22)19(15-8-3-1-4-9-15,16-10-5-2-6-11-16)17-12-7-13-21-14-17/h1-6,8-11,13,17H,7,12,14H2,(H2,20,22). The molecule has 3 heteroatoms. The topological polar surface area (TPSA) is 55.5 Å². The van der Waals surface area contributed by atoms with Crippen LogP contribution in [0.5, 0.6) is 0 Å². The van der Waals surface area contributed by atoms with E-state index in [0.717, 1.165) is 24.0 Å². The lowest BCUT2D eigenvalue weighted by molar-refractivity contribution is -0.124. The van der Waals surface area contributed by atoms with Gasteiger partial charge in [-0.2, -0.15) is 0 Å². The van der Waals surface area contributed by atoms with E-state index in [9.17, 15) is 4.79 Å². The molecule has 1 atom stereocenters. The zero-order valence-corrected chi connectivity index (χ0v) is 12.5. The van der Waals surface area contributed by atoms with Crippen LogP contribution in [0, 0.1) is 5.92 Å². The molecule has 0 fully saturated rings. The SMILES string of the molecule is NC(=O)C(c1ccccc1)(c1ccccc1)C1CCC=NC1. The molecule has 3 nitrogen and oxygen atoms in total. The number of nitrogens with two attached hydrogens (primary N) is 1. The maximum absolute atomic E-state index is 12.7. The van der Waals surface area contributed by atoms with E-state index in [0.29, 0.717) is 6.54 Å². The third-order valence-electron chi connectivity index (χ3n) is 4.56. The molecular formula is C19H20N2O. The van der Waals surface area contributed by atoms with Crippen LogP contribution >= 0.6 is 0 Å². The first-order valence-corrected chi connectivity index (χ1v) is 7.65. The van der Waals surface area contributed by atoms with Crippen molar-refractivity contribution in [2.24, 2.45) is 16.6 Å². The van der Waals surface area contributed by atoms with Crippen molar-refractivity contribution in [1.82, 2.24) is 0 Å². The van der Waals surface area contributed by atoms with Crippen molar-refractivity contribution >= 4 is 12.1 Å². The van der Waals surface area contributed by atoms with E-state index < -0.39 is 5.41 Å². The van der Waals surface area contributed by atoms with Crippen molar-refractivity contribution in [3.05, 3.63) is 71.8 Å². The first kappa shape index (κ1) is 14.5. The van der Waals surface area contributed by atoms with Gasteiger partial charge >= 0.3 is 0 Å². The highest BCUT2D eigenvalue weighted by Crippen LogP contribution is 2.42. The summed E-state index contributed by atoms with van der Waals surface area (Å²) in [7, 11) is 0. The van der Waals surface area contributed by atoms with Crippen LogP contribution in [-0.4, -0.2) is 18.7 Å². The number of benzene rings is 2. The van der Waals surface area contributed by atoms with E-state index in [-0.39, 0.29) is 11.8 Å². The van der Waals surface area contributed by atoms with Gasteiger partial charge in [-0.25, -0.2) is 0 Å². The Balaban J connectivity index is 2.23. The third kappa shape index (κ3) is 2.33. The summed E-state index contributed by atoms with van der Waals surface area (Å²) in [4.78, 5) is 17.1. The summed E-state index contributed by atoms with van der Waals surface area (Å²) in [6.07, 6.45) is 3.74. The number of hydrogen-bond acceptors (Lipinski definition) is 2. The van der Waals surface area contributed by atoms with Gasteiger partial charge in [0.05, 0.1) is 0 Å². The molecule has 112 valence electrons. The average molecular weight is 292 g/mol. The second-order valence-electron chi connectivity index (χ2n) is 5.73. The summed E-state index contributed by atoms with van der Waals surface area (Å²) in [5.74, 6) is -0.216. The van der Waals surface area contributed by atoms with Gasteiger partial charge in [0.2, 0.25) is 5.91 Å². The summed E-state index contributed by atoms with van der Waals surface area (Å²) in [6.45, 7) is 0.632. The Bertz CT molecular complexity index is 625. The van der Waals surface area contributed by atoms with Gasteiger partial charge in [-0.05, 0) is 30.2 Å². The van der Waals surface area contributed by atoms with Crippen LogP contribution in [0.25, 0.3) is 0 Å². The number of primary amides is 1. The van der Waals surface area contributed by atoms with Gasteiger partial charge in [0.15, 0.2) is 0 Å². The fraction of sp³-hybridized carbons (Fsp3) is 0.263. The molecule has 1 unspecified atom stereocenters. The van der Waals surface area contributed by atoms with Gasteiger partial charge in [0, 0.05) is 12.5 Å². The lowest BCUT2D eigenvalue weighted by Gasteiger charge is -2.39. The van der Waals surface area contributed by atoms with Gasteiger partial charge in [0.25, 0.3) is 0 Å². The zero-order valence-electron chi connectivity index (χ0n) is 12.5. The Morgan fingerprint density at radius 2 is 1.55 bits per heavy atom. The summed E-state index contributed by atoms with van der Waals surface area (Å²) >= 11 is 0. The molecule has 0 aromatic heterocycles. The summed E-state index contributed by atoms with van der Waals surface area (Å²) in [6, 6.07) is 19.7. The van der Waals surface area contributed by atoms with Crippen LogP contribution in [0.3, 0.4) is 0 Å². The minimum atomic E-state index is -0.819. The molecule has 22 heavy (non-hydrogen) atoms. The number of hydrogen-bond donors (Lipinski definition) is 1. The quantitative estimate of drug-likeness (QED) is 0.925. The van der Waals surface area contributed by atoms with Gasteiger partial charge < -0.3 is 5.73 Å². The lowest BCUT2D eigenvalue weighted by Crippen LogP contribution is -2.50. The minimum absolute atomic E-state index is 0.0831. The van der Waals surface area contributed by atoms with Crippen molar-refractivity contribution in [3.63, 3.8) is 0 Å². The smallest absolute Gasteiger partial charge is 0.232 e. The number of nitrogens with zero attached hydrogens (tertiary/aromatic N) is 1. The summed E-state index contributed by atoms with van der Waals surface area (Å²) in [5.41, 5.74) is 7.07. The fourth-order valence-corrected chi connectivity index (χ4v) is 3.54. The molecule has 1 amide bonds. The van der Waals surface area contributed by atoms with Crippen molar-refractivity contribution in [2.75, 3.05) is 6.54 Å². The Hall–Kier alpha value is -2.42. The van der Waals surface area contributed by atoms with E-state index in [1.807, 2.05) is 66.9 Å². The highest BCUT2D eigenvalue weighted by Gasteiger charge is 2.47.